The average Bonchev–Trinajstić information content (AvgIpc) is 2.89. The lowest BCUT2D eigenvalue weighted by molar-refractivity contribution is -0.143. The Morgan fingerprint density at radius 1 is 0.348 bits per heavy atom. The molecule has 252 valence electrons. The summed E-state index contributed by atoms with van der Waals surface area (Å²) in [4.78, 5) is 0. The molecule has 0 unspecified atom stereocenters. The number of aromatic hydroxyl groups is 3. The van der Waals surface area contributed by atoms with E-state index in [1.807, 2.05) is 0 Å². The Morgan fingerprint density at radius 2 is 0.543 bits per heavy atom. The van der Waals surface area contributed by atoms with Gasteiger partial charge in [0.25, 0.3) is 0 Å². The van der Waals surface area contributed by atoms with Crippen molar-refractivity contribution < 1.29 is 108 Å². The van der Waals surface area contributed by atoms with E-state index in [-0.39, 0.29) is 0 Å². The second kappa shape index (κ2) is 11.6. The fourth-order valence-electron chi connectivity index (χ4n) is 3.31. The van der Waals surface area contributed by atoms with Crippen LogP contribution in [0.4, 0.5) is 79.0 Å². The SMILES string of the molecule is Oc1c(F)c(F)c(C(F)(F)F)c(F)c1OB(Oc1c(O)c(F)c(F)c(C(F)(F)F)c1F)Oc1c(O)c(F)c(F)c(C(F)(F)F)c1F. The van der Waals surface area contributed by atoms with Crippen LogP contribution in [0.3, 0.4) is 0 Å². The van der Waals surface area contributed by atoms with Gasteiger partial charge in [-0.05, 0) is 0 Å². The highest BCUT2D eigenvalue weighted by Gasteiger charge is 2.49. The lowest BCUT2D eigenvalue weighted by Gasteiger charge is -2.22. The summed E-state index contributed by atoms with van der Waals surface area (Å²) < 4.78 is 257. The zero-order valence-electron chi connectivity index (χ0n) is 20.4. The molecule has 0 fully saturated rings. The van der Waals surface area contributed by atoms with Crippen molar-refractivity contribution in [2.24, 2.45) is 0 Å². The van der Waals surface area contributed by atoms with Gasteiger partial charge in [0.1, 0.15) is 16.7 Å². The highest BCUT2D eigenvalue weighted by Crippen LogP contribution is 2.48. The lowest BCUT2D eigenvalue weighted by atomic mass is 10.1. The summed E-state index contributed by atoms with van der Waals surface area (Å²) in [6.45, 7) is 0. The average molecular weight is 704 g/mol. The Bertz CT molecular complexity index is 1520. The van der Waals surface area contributed by atoms with Gasteiger partial charge in [-0.25, -0.2) is 26.3 Å². The molecule has 0 aliphatic carbocycles. The molecule has 0 spiro atoms. The van der Waals surface area contributed by atoms with E-state index < -0.39 is 129 Å². The molecule has 3 aromatic carbocycles. The smallest absolute Gasteiger partial charge is 0.502 e. The van der Waals surface area contributed by atoms with Gasteiger partial charge in [-0.1, -0.05) is 0 Å². The minimum absolute atomic E-state index is 2.74. The van der Waals surface area contributed by atoms with Gasteiger partial charge in [0.15, 0.2) is 69.4 Å². The molecule has 0 atom stereocenters. The maximum atomic E-state index is 14.6. The van der Waals surface area contributed by atoms with Gasteiger partial charge in [0, 0.05) is 0 Å². The molecule has 3 aromatic rings. The second-order valence-corrected chi connectivity index (χ2v) is 8.12. The first-order chi connectivity index (χ1) is 20.7. The van der Waals surface area contributed by atoms with Gasteiger partial charge in [0.2, 0.25) is 17.5 Å². The first-order valence-corrected chi connectivity index (χ1v) is 10.6. The highest BCUT2D eigenvalue weighted by atomic mass is 19.4. The van der Waals surface area contributed by atoms with Crippen LogP contribution in [-0.2, 0) is 18.5 Å². The Labute approximate surface area is 238 Å². The Kier molecular flexibility index (Phi) is 8.99. The van der Waals surface area contributed by atoms with Crippen molar-refractivity contribution in [2.45, 2.75) is 18.5 Å². The number of hydrogen-bond donors (Lipinski definition) is 3. The Morgan fingerprint density at radius 3 is 0.717 bits per heavy atom. The van der Waals surface area contributed by atoms with Crippen molar-refractivity contribution in [3.63, 3.8) is 0 Å². The fourth-order valence-corrected chi connectivity index (χ4v) is 3.31. The van der Waals surface area contributed by atoms with E-state index in [2.05, 4.69) is 14.0 Å². The summed E-state index contributed by atoms with van der Waals surface area (Å²) in [5, 5.41) is 28.8. The number of benzene rings is 3. The summed E-state index contributed by atoms with van der Waals surface area (Å²) in [6.07, 6.45) is -18.8. The van der Waals surface area contributed by atoms with Crippen LogP contribution in [0.2, 0.25) is 0 Å². The van der Waals surface area contributed by atoms with Crippen molar-refractivity contribution in [1.82, 2.24) is 0 Å². The molecule has 0 bridgehead atoms. The van der Waals surface area contributed by atoms with Crippen molar-refractivity contribution in [1.29, 1.82) is 0 Å². The number of rotatable bonds is 6. The van der Waals surface area contributed by atoms with Crippen molar-refractivity contribution in [3.05, 3.63) is 69.0 Å². The molecular formula is C21H3BF18O6. The standard InChI is InChI=1S/C21H3BF18O6/c23-4-1(19(32,33)34)7(26)16(13(41)10(4)29)44-22(45-17-8(27)2(20(35,36)37)5(24)11(30)14(17)42)46-18-9(28)3(21(38,39)40)6(25)12(31)15(18)43/h41-43H. The third-order valence-electron chi connectivity index (χ3n) is 5.25. The van der Waals surface area contributed by atoms with Crippen LogP contribution in [0.1, 0.15) is 16.7 Å². The second-order valence-electron chi connectivity index (χ2n) is 8.12. The van der Waals surface area contributed by atoms with Gasteiger partial charge in [-0.15, -0.1) is 0 Å². The molecule has 25 heteroatoms. The zero-order chi connectivity index (χ0) is 35.6. The zero-order valence-corrected chi connectivity index (χ0v) is 20.4. The largest absolute Gasteiger partial charge is 0.864 e. The molecule has 3 rings (SSSR count). The maximum absolute atomic E-state index is 14.6. The molecular weight excluding hydrogens is 701 g/mol. The normalized spacial score (nSPS) is 12.4. The van der Waals surface area contributed by atoms with Crippen molar-refractivity contribution >= 4 is 7.32 Å². The molecule has 3 N–H and O–H groups in total. The van der Waals surface area contributed by atoms with Crippen LogP contribution in [0.5, 0.6) is 34.5 Å². The van der Waals surface area contributed by atoms with Crippen LogP contribution in [0, 0.1) is 52.4 Å². The number of phenolic OH excluding ortho intramolecular Hbond substituents is 3. The van der Waals surface area contributed by atoms with Gasteiger partial charge in [-0.3, -0.25) is 0 Å². The van der Waals surface area contributed by atoms with Gasteiger partial charge in [-0.2, -0.15) is 52.7 Å². The van der Waals surface area contributed by atoms with E-state index in [4.69, 9.17) is 0 Å². The Balaban J connectivity index is 2.39. The number of phenols is 3. The topological polar surface area (TPSA) is 88.4 Å². The van der Waals surface area contributed by atoms with E-state index in [9.17, 15) is 94.3 Å². The van der Waals surface area contributed by atoms with E-state index >= 15 is 0 Å². The molecule has 0 aliphatic heterocycles. The van der Waals surface area contributed by atoms with Crippen LogP contribution >= 0.6 is 0 Å². The molecule has 0 aliphatic rings. The molecule has 0 aromatic heterocycles. The molecule has 0 saturated heterocycles. The molecule has 6 nitrogen and oxygen atoms in total. The minimum atomic E-state index is -6.28. The number of halogens is 18. The third-order valence-corrected chi connectivity index (χ3v) is 5.25. The van der Waals surface area contributed by atoms with Crippen LogP contribution < -0.4 is 14.0 Å². The van der Waals surface area contributed by atoms with E-state index in [1.54, 1.807) is 0 Å². The van der Waals surface area contributed by atoms with E-state index in [1.165, 1.54) is 0 Å². The molecule has 0 amide bonds. The monoisotopic (exact) mass is 704 g/mol. The maximum Gasteiger partial charge on any atom is 0.864 e. The predicted molar refractivity (Wildman–Crippen MR) is 107 cm³/mol. The molecule has 0 heterocycles. The summed E-state index contributed by atoms with van der Waals surface area (Å²) in [7, 11) is -4.18. The minimum Gasteiger partial charge on any atom is -0.502 e. The fraction of sp³-hybridized carbons (Fsp3) is 0.143. The number of hydrogen-bond acceptors (Lipinski definition) is 6. The van der Waals surface area contributed by atoms with Crippen molar-refractivity contribution in [2.75, 3.05) is 0 Å². The first kappa shape index (κ1) is 35.7. The summed E-state index contributed by atoms with van der Waals surface area (Å²) in [5.74, 6) is -45.5. The molecule has 0 radical (unpaired) electrons. The third kappa shape index (κ3) is 6.08. The van der Waals surface area contributed by atoms with Gasteiger partial charge < -0.3 is 29.3 Å². The van der Waals surface area contributed by atoms with Crippen LogP contribution in [0.25, 0.3) is 0 Å². The Hall–Kier alpha value is -4.74. The van der Waals surface area contributed by atoms with E-state index in [0.717, 1.165) is 0 Å². The summed E-state index contributed by atoms with van der Waals surface area (Å²) >= 11 is 0. The summed E-state index contributed by atoms with van der Waals surface area (Å²) in [6, 6.07) is 0. The van der Waals surface area contributed by atoms with Crippen LogP contribution in [0.15, 0.2) is 0 Å². The molecule has 0 saturated carbocycles. The van der Waals surface area contributed by atoms with E-state index in [0.29, 0.717) is 0 Å². The highest BCUT2D eigenvalue weighted by molar-refractivity contribution is 6.39. The number of alkyl halides is 9. The summed E-state index contributed by atoms with van der Waals surface area (Å²) in [5.41, 5.74) is -9.96. The van der Waals surface area contributed by atoms with Gasteiger partial charge >= 0.3 is 25.9 Å². The van der Waals surface area contributed by atoms with Crippen molar-refractivity contribution in [3.8, 4) is 34.5 Å². The first-order valence-electron chi connectivity index (χ1n) is 10.6. The molecule has 46 heavy (non-hydrogen) atoms. The predicted octanol–water partition coefficient (Wildman–Crippen LogP) is 7.63. The lowest BCUT2D eigenvalue weighted by Crippen LogP contribution is -2.39. The van der Waals surface area contributed by atoms with Gasteiger partial charge in [0.05, 0.1) is 0 Å². The quantitative estimate of drug-likeness (QED) is 0.139. The van der Waals surface area contributed by atoms with Crippen LogP contribution in [-0.4, -0.2) is 22.6 Å².